The highest BCUT2D eigenvalue weighted by molar-refractivity contribution is 14.1. The second-order valence-corrected chi connectivity index (χ2v) is 9.97. The van der Waals surface area contributed by atoms with Crippen molar-refractivity contribution in [1.29, 1.82) is 0 Å². The molecule has 3 aromatic carbocycles. The average molecular weight is 612 g/mol. The van der Waals surface area contributed by atoms with Gasteiger partial charge in [0.1, 0.15) is 12.4 Å². The summed E-state index contributed by atoms with van der Waals surface area (Å²) in [5, 5.41) is 0.205. The molecular weight excluding hydrogens is 596 g/mol. The van der Waals surface area contributed by atoms with Gasteiger partial charge in [-0.3, -0.25) is 9.59 Å². The molecule has 168 valence electrons. The minimum atomic E-state index is -0.444. The second-order valence-electron chi connectivity index (χ2n) is 6.92. The summed E-state index contributed by atoms with van der Waals surface area (Å²) in [7, 11) is 1.49. The molecule has 3 aromatic rings. The number of nitrogens with zero attached hydrogens (tertiary/aromatic N) is 1. The number of ether oxygens (including phenoxy) is 2. The highest BCUT2D eigenvalue weighted by Gasteiger charge is 2.37. The van der Waals surface area contributed by atoms with Gasteiger partial charge in [-0.05, 0) is 88.0 Å². The summed E-state index contributed by atoms with van der Waals surface area (Å²) in [6, 6.07) is 18.1. The number of imide groups is 1. The van der Waals surface area contributed by atoms with Crippen LogP contribution in [0.2, 0.25) is 10.0 Å². The van der Waals surface area contributed by atoms with E-state index in [0.717, 1.165) is 25.8 Å². The molecule has 2 amide bonds. The summed E-state index contributed by atoms with van der Waals surface area (Å²) in [6.45, 7) is 0.313. The Kier molecular flexibility index (Phi) is 7.53. The van der Waals surface area contributed by atoms with Crippen LogP contribution in [-0.4, -0.2) is 18.3 Å². The first kappa shape index (κ1) is 23.9. The van der Waals surface area contributed by atoms with Gasteiger partial charge in [-0.2, -0.15) is 0 Å². The molecule has 5 nitrogen and oxygen atoms in total. The Balaban J connectivity index is 1.56. The smallest absolute Gasteiger partial charge is 0.298 e. The molecule has 9 heteroatoms. The lowest BCUT2D eigenvalue weighted by molar-refractivity contribution is -0.113. The highest BCUT2D eigenvalue weighted by Crippen LogP contribution is 2.41. The summed E-state index contributed by atoms with van der Waals surface area (Å²) in [6.07, 6.45) is 1.58. The minimum absolute atomic E-state index is 0.255. The molecule has 0 saturated carbocycles. The zero-order chi connectivity index (χ0) is 23.5. The predicted molar refractivity (Wildman–Crippen MR) is 141 cm³/mol. The number of rotatable bonds is 6. The number of thioether (sulfide) groups is 1. The van der Waals surface area contributed by atoms with Crippen molar-refractivity contribution in [1.82, 2.24) is 0 Å². The summed E-state index contributed by atoms with van der Waals surface area (Å²) in [5.74, 6) is 0.346. The van der Waals surface area contributed by atoms with Gasteiger partial charge in [0.25, 0.3) is 11.1 Å². The van der Waals surface area contributed by atoms with E-state index in [1.165, 1.54) is 7.11 Å². The Hall–Kier alpha value is -2.20. The average Bonchev–Trinajstić information content (AvgIpc) is 3.07. The zero-order valence-electron chi connectivity index (χ0n) is 17.2. The van der Waals surface area contributed by atoms with Gasteiger partial charge < -0.3 is 9.47 Å². The van der Waals surface area contributed by atoms with Crippen LogP contribution in [0.25, 0.3) is 6.08 Å². The molecule has 1 aliphatic rings. The molecule has 0 N–H and O–H groups in total. The van der Waals surface area contributed by atoms with Crippen molar-refractivity contribution in [3.63, 3.8) is 0 Å². The van der Waals surface area contributed by atoms with E-state index in [4.69, 9.17) is 32.7 Å². The maximum absolute atomic E-state index is 13.0. The maximum atomic E-state index is 13.0. The fourth-order valence-corrected chi connectivity index (χ4v) is 4.99. The number of benzene rings is 3. The number of amides is 2. The molecule has 1 saturated heterocycles. The van der Waals surface area contributed by atoms with Gasteiger partial charge >= 0.3 is 0 Å². The molecule has 4 rings (SSSR count). The van der Waals surface area contributed by atoms with E-state index in [1.807, 2.05) is 24.3 Å². The first-order valence-corrected chi connectivity index (χ1v) is 12.3. The number of methoxy groups -OCH3 is 1. The van der Waals surface area contributed by atoms with Crippen LogP contribution in [0.5, 0.6) is 11.5 Å². The molecule has 1 fully saturated rings. The van der Waals surface area contributed by atoms with Crippen LogP contribution < -0.4 is 14.4 Å². The van der Waals surface area contributed by atoms with Crippen LogP contribution in [0, 0.1) is 3.57 Å². The molecule has 0 atom stereocenters. The lowest BCUT2D eigenvalue weighted by Crippen LogP contribution is -2.28. The summed E-state index contributed by atoms with van der Waals surface area (Å²) in [4.78, 5) is 26.9. The third-order valence-electron chi connectivity index (χ3n) is 4.73. The quantitative estimate of drug-likeness (QED) is 0.214. The SMILES string of the molecule is COc1ccccc1N1C(=O)S/C(=C\c2cc(Cl)c(OCc3ccc(I)cc3)c(Cl)c2)C1=O. The van der Waals surface area contributed by atoms with E-state index >= 15 is 0 Å². The van der Waals surface area contributed by atoms with E-state index in [-0.39, 0.29) is 4.91 Å². The summed E-state index contributed by atoms with van der Waals surface area (Å²) in [5.41, 5.74) is 1.95. The van der Waals surface area contributed by atoms with Gasteiger partial charge in [-0.25, -0.2) is 4.90 Å². The first-order chi connectivity index (χ1) is 15.9. The molecule has 33 heavy (non-hydrogen) atoms. The number of anilines is 1. The van der Waals surface area contributed by atoms with Crippen molar-refractivity contribution in [3.05, 3.63) is 90.3 Å². The topological polar surface area (TPSA) is 55.8 Å². The van der Waals surface area contributed by atoms with Crippen LogP contribution >= 0.6 is 57.6 Å². The number of para-hydroxylation sites is 2. The zero-order valence-corrected chi connectivity index (χ0v) is 21.7. The van der Waals surface area contributed by atoms with Gasteiger partial charge in [-0.15, -0.1) is 0 Å². The number of halogens is 3. The van der Waals surface area contributed by atoms with Gasteiger partial charge in [0.15, 0.2) is 5.75 Å². The molecule has 0 bridgehead atoms. The Morgan fingerprint density at radius 1 is 1.03 bits per heavy atom. The van der Waals surface area contributed by atoms with Gasteiger partial charge in [0, 0.05) is 3.57 Å². The molecule has 0 spiro atoms. The van der Waals surface area contributed by atoms with Crippen molar-refractivity contribution < 1.29 is 19.1 Å². The standard InChI is InChI=1S/C24H16Cl2INO4S/c1-31-20-5-3-2-4-19(20)28-23(29)21(33-24(28)30)12-15-10-17(25)22(18(26)11-15)32-13-14-6-8-16(27)9-7-14/h2-12H,13H2,1H3/b21-12-. The normalized spacial score (nSPS) is 14.8. The second kappa shape index (κ2) is 10.4. The van der Waals surface area contributed by atoms with Crippen molar-refractivity contribution >= 4 is 80.5 Å². The van der Waals surface area contributed by atoms with Crippen molar-refractivity contribution in [2.24, 2.45) is 0 Å². The fraction of sp³-hybridized carbons (Fsp3) is 0.0833. The van der Waals surface area contributed by atoms with Crippen molar-refractivity contribution in [2.75, 3.05) is 12.0 Å². The van der Waals surface area contributed by atoms with Crippen LogP contribution in [0.4, 0.5) is 10.5 Å². The molecule has 0 unspecified atom stereocenters. The molecule has 0 aliphatic carbocycles. The Morgan fingerprint density at radius 3 is 2.36 bits per heavy atom. The van der Waals surface area contributed by atoms with Gasteiger partial charge in [0.05, 0.1) is 27.7 Å². The third kappa shape index (κ3) is 5.32. The van der Waals surface area contributed by atoms with Gasteiger partial charge in [-0.1, -0.05) is 47.5 Å². The van der Waals surface area contributed by atoms with E-state index in [0.29, 0.717) is 39.4 Å². The first-order valence-electron chi connectivity index (χ1n) is 9.64. The van der Waals surface area contributed by atoms with E-state index < -0.39 is 11.1 Å². The minimum Gasteiger partial charge on any atom is -0.495 e. The molecule has 0 radical (unpaired) electrons. The highest BCUT2D eigenvalue weighted by atomic mass is 127. The number of carbonyl (C=O) groups excluding carboxylic acids is 2. The Labute approximate surface area is 218 Å². The Morgan fingerprint density at radius 2 is 1.70 bits per heavy atom. The molecule has 1 heterocycles. The van der Waals surface area contributed by atoms with Crippen LogP contribution in [0.1, 0.15) is 11.1 Å². The monoisotopic (exact) mass is 611 g/mol. The molecular formula is C24H16Cl2INO4S. The summed E-state index contributed by atoms with van der Waals surface area (Å²) < 4.78 is 12.2. The van der Waals surface area contributed by atoms with E-state index in [1.54, 1.807) is 42.5 Å². The van der Waals surface area contributed by atoms with Crippen molar-refractivity contribution in [3.8, 4) is 11.5 Å². The summed E-state index contributed by atoms with van der Waals surface area (Å²) >= 11 is 15.9. The van der Waals surface area contributed by atoms with Crippen LogP contribution in [0.3, 0.4) is 0 Å². The largest absolute Gasteiger partial charge is 0.495 e. The number of hydrogen-bond acceptors (Lipinski definition) is 5. The lowest BCUT2D eigenvalue weighted by Gasteiger charge is -2.15. The maximum Gasteiger partial charge on any atom is 0.298 e. The van der Waals surface area contributed by atoms with Crippen molar-refractivity contribution in [2.45, 2.75) is 6.61 Å². The van der Waals surface area contributed by atoms with E-state index in [9.17, 15) is 9.59 Å². The number of hydrogen-bond donors (Lipinski definition) is 0. The lowest BCUT2D eigenvalue weighted by atomic mass is 10.2. The molecule has 1 aliphatic heterocycles. The van der Waals surface area contributed by atoms with Crippen LogP contribution in [-0.2, 0) is 11.4 Å². The Bertz CT molecular complexity index is 1240. The third-order valence-corrected chi connectivity index (χ3v) is 6.88. The fourth-order valence-electron chi connectivity index (χ4n) is 3.18. The molecule has 0 aromatic heterocycles. The van der Waals surface area contributed by atoms with E-state index in [2.05, 4.69) is 22.6 Å². The van der Waals surface area contributed by atoms with Gasteiger partial charge in [0.2, 0.25) is 0 Å². The predicted octanol–water partition coefficient (Wildman–Crippen LogP) is 7.43. The number of carbonyl (C=O) groups is 2. The van der Waals surface area contributed by atoms with Crippen LogP contribution in [0.15, 0.2) is 65.6 Å².